The second kappa shape index (κ2) is 9.97. The van der Waals surface area contributed by atoms with Gasteiger partial charge in [-0.05, 0) is 30.7 Å². The minimum atomic E-state index is 0. The number of aromatic nitrogens is 3. The number of hydrogen-bond acceptors (Lipinski definition) is 3. The summed E-state index contributed by atoms with van der Waals surface area (Å²) in [6.07, 6.45) is 5.43. The van der Waals surface area contributed by atoms with Crippen LogP contribution >= 0.6 is 24.0 Å². The zero-order valence-corrected chi connectivity index (χ0v) is 16.3. The summed E-state index contributed by atoms with van der Waals surface area (Å²) in [5.41, 5.74) is 9.11. The summed E-state index contributed by atoms with van der Waals surface area (Å²) in [6, 6.07) is 14.0. The molecular weight excluding hydrogens is 427 g/mol. The molecule has 3 N–H and O–H groups in total. The number of pyridine rings is 1. The topological polar surface area (TPSA) is 81.1 Å². The van der Waals surface area contributed by atoms with E-state index in [1.54, 1.807) is 6.20 Å². The predicted octanol–water partition coefficient (Wildman–Crippen LogP) is 2.59. The SMILES string of the molecule is I.NC(=NCCCn1cnc2ccccc21)NCCc1ccccn1. The predicted molar refractivity (Wildman–Crippen MR) is 112 cm³/mol. The molecule has 2 heterocycles. The number of aryl methyl sites for hydroxylation is 1. The summed E-state index contributed by atoms with van der Waals surface area (Å²) in [5, 5.41) is 3.12. The average molecular weight is 450 g/mol. The lowest BCUT2D eigenvalue weighted by Crippen LogP contribution is -2.33. The molecule has 0 atom stereocenters. The van der Waals surface area contributed by atoms with E-state index >= 15 is 0 Å². The Kier molecular flexibility index (Phi) is 7.65. The van der Waals surface area contributed by atoms with Gasteiger partial charge in [0.25, 0.3) is 0 Å². The Hall–Kier alpha value is -2.16. The molecule has 1 aromatic carbocycles. The fraction of sp³-hybridized carbons (Fsp3) is 0.278. The number of nitrogens with one attached hydrogen (secondary N) is 1. The molecule has 25 heavy (non-hydrogen) atoms. The molecule has 0 amide bonds. The van der Waals surface area contributed by atoms with E-state index < -0.39 is 0 Å². The van der Waals surface area contributed by atoms with E-state index in [4.69, 9.17) is 5.73 Å². The van der Waals surface area contributed by atoms with Crippen LogP contribution in [0.15, 0.2) is 60.0 Å². The summed E-state index contributed by atoms with van der Waals surface area (Å²) in [6.45, 7) is 2.30. The molecule has 0 radical (unpaired) electrons. The third kappa shape index (κ3) is 5.70. The number of halogens is 1. The zero-order chi connectivity index (χ0) is 16.6. The number of nitrogens with two attached hydrogens (primary N) is 1. The van der Waals surface area contributed by atoms with E-state index in [9.17, 15) is 0 Å². The van der Waals surface area contributed by atoms with Crippen LogP contribution in [0, 0.1) is 0 Å². The Labute approximate surface area is 164 Å². The normalized spacial score (nSPS) is 11.3. The van der Waals surface area contributed by atoms with Gasteiger partial charge < -0.3 is 15.6 Å². The van der Waals surface area contributed by atoms with Crippen LogP contribution in [0.2, 0.25) is 0 Å². The Morgan fingerprint density at radius 3 is 2.80 bits per heavy atom. The minimum Gasteiger partial charge on any atom is -0.370 e. The molecule has 6 nitrogen and oxygen atoms in total. The van der Waals surface area contributed by atoms with Crippen LogP contribution in [0.1, 0.15) is 12.1 Å². The highest BCUT2D eigenvalue weighted by Crippen LogP contribution is 2.11. The summed E-state index contributed by atoms with van der Waals surface area (Å²) in [4.78, 5) is 13.0. The van der Waals surface area contributed by atoms with Gasteiger partial charge in [-0.2, -0.15) is 0 Å². The molecule has 0 aliphatic carbocycles. The molecule has 0 saturated heterocycles. The molecular formula is C18H23IN6. The third-order valence-corrected chi connectivity index (χ3v) is 3.78. The summed E-state index contributed by atoms with van der Waals surface area (Å²) in [7, 11) is 0. The molecule has 0 unspecified atom stereocenters. The maximum atomic E-state index is 5.89. The van der Waals surface area contributed by atoms with Crippen LogP contribution in [0.3, 0.4) is 0 Å². The van der Waals surface area contributed by atoms with Gasteiger partial charge in [0.15, 0.2) is 5.96 Å². The van der Waals surface area contributed by atoms with Crippen LogP contribution in [0.25, 0.3) is 11.0 Å². The first-order valence-electron chi connectivity index (χ1n) is 8.16. The number of guanidine groups is 1. The van der Waals surface area contributed by atoms with E-state index in [0.29, 0.717) is 12.5 Å². The molecule has 0 aliphatic heterocycles. The Morgan fingerprint density at radius 2 is 1.96 bits per heavy atom. The quantitative estimate of drug-likeness (QED) is 0.251. The van der Waals surface area contributed by atoms with Crippen LogP contribution in [0.5, 0.6) is 0 Å². The molecule has 132 valence electrons. The van der Waals surface area contributed by atoms with Gasteiger partial charge in [-0.15, -0.1) is 24.0 Å². The number of nitrogens with zero attached hydrogens (tertiary/aromatic N) is 4. The van der Waals surface area contributed by atoms with Gasteiger partial charge in [0, 0.05) is 37.9 Å². The summed E-state index contributed by atoms with van der Waals surface area (Å²) in [5.74, 6) is 0.487. The highest BCUT2D eigenvalue weighted by Gasteiger charge is 2.00. The van der Waals surface area contributed by atoms with Crippen LogP contribution in [-0.2, 0) is 13.0 Å². The maximum absolute atomic E-state index is 5.89. The number of hydrogen-bond donors (Lipinski definition) is 2. The molecule has 0 fully saturated rings. The van der Waals surface area contributed by atoms with Crippen molar-refractivity contribution in [2.24, 2.45) is 10.7 Å². The second-order valence-electron chi connectivity index (χ2n) is 5.55. The van der Waals surface area contributed by atoms with Gasteiger partial charge in [0.2, 0.25) is 0 Å². The zero-order valence-electron chi connectivity index (χ0n) is 14.0. The molecule has 0 saturated carbocycles. The van der Waals surface area contributed by atoms with Crippen molar-refractivity contribution < 1.29 is 0 Å². The van der Waals surface area contributed by atoms with Gasteiger partial charge in [-0.1, -0.05) is 18.2 Å². The van der Waals surface area contributed by atoms with Crippen LogP contribution in [0.4, 0.5) is 0 Å². The van der Waals surface area contributed by atoms with E-state index in [-0.39, 0.29) is 24.0 Å². The van der Waals surface area contributed by atoms with E-state index in [1.165, 1.54) is 0 Å². The van der Waals surface area contributed by atoms with Crippen LogP contribution in [-0.4, -0.2) is 33.6 Å². The largest absolute Gasteiger partial charge is 0.370 e. The molecule has 0 bridgehead atoms. The van der Waals surface area contributed by atoms with Crippen molar-refractivity contribution in [3.05, 3.63) is 60.7 Å². The maximum Gasteiger partial charge on any atom is 0.188 e. The highest BCUT2D eigenvalue weighted by atomic mass is 127. The smallest absolute Gasteiger partial charge is 0.188 e. The number of rotatable bonds is 7. The van der Waals surface area contributed by atoms with Crippen molar-refractivity contribution in [2.45, 2.75) is 19.4 Å². The Morgan fingerprint density at radius 1 is 1.12 bits per heavy atom. The van der Waals surface area contributed by atoms with Gasteiger partial charge in [-0.25, -0.2) is 4.98 Å². The lowest BCUT2D eigenvalue weighted by Gasteiger charge is -2.06. The lowest BCUT2D eigenvalue weighted by atomic mass is 10.3. The van der Waals surface area contributed by atoms with Crippen molar-refractivity contribution in [1.82, 2.24) is 19.9 Å². The molecule has 0 spiro atoms. The van der Waals surface area contributed by atoms with Gasteiger partial charge in [0.1, 0.15) is 0 Å². The Bertz CT molecular complexity index is 799. The average Bonchev–Trinajstić information content (AvgIpc) is 3.03. The molecule has 7 heteroatoms. The molecule has 3 rings (SSSR count). The molecule has 2 aromatic heterocycles. The van der Waals surface area contributed by atoms with Gasteiger partial charge >= 0.3 is 0 Å². The van der Waals surface area contributed by atoms with E-state index in [2.05, 4.69) is 30.9 Å². The van der Waals surface area contributed by atoms with Crippen molar-refractivity contribution in [1.29, 1.82) is 0 Å². The first-order valence-corrected chi connectivity index (χ1v) is 8.16. The number of fused-ring (bicyclic) bond motifs is 1. The van der Waals surface area contributed by atoms with Crippen molar-refractivity contribution in [2.75, 3.05) is 13.1 Å². The summed E-state index contributed by atoms with van der Waals surface area (Å²) >= 11 is 0. The number of aliphatic imine (C=N–C) groups is 1. The number of para-hydroxylation sites is 2. The van der Waals surface area contributed by atoms with E-state index in [0.717, 1.165) is 42.7 Å². The first-order chi connectivity index (χ1) is 11.8. The van der Waals surface area contributed by atoms with E-state index in [1.807, 2.05) is 42.7 Å². The lowest BCUT2D eigenvalue weighted by molar-refractivity contribution is 0.664. The van der Waals surface area contributed by atoms with Gasteiger partial charge in [0.05, 0.1) is 17.4 Å². The summed E-state index contributed by atoms with van der Waals surface area (Å²) < 4.78 is 2.15. The monoisotopic (exact) mass is 450 g/mol. The first kappa shape index (κ1) is 19.2. The van der Waals surface area contributed by atoms with Crippen LogP contribution < -0.4 is 11.1 Å². The standard InChI is InChI=1S/C18H22N6.HI/c19-18(22-12-9-15-6-3-4-10-20-15)21-11-5-13-24-14-23-16-7-1-2-8-17(16)24;/h1-4,6-8,10,14H,5,9,11-13H2,(H3,19,21,22);1H. The molecule has 0 aliphatic rings. The van der Waals surface area contributed by atoms with Gasteiger partial charge in [-0.3, -0.25) is 9.98 Å². The fourth-order valence-electron chi connectivity index (χ4n) is 2.55. The fourth-order valence-corrected chi connectivity index (χ4v) is 2.55. The van der Waals surface area contributed by atoms with Crippen molar-refractivity contribution >= 4 is 41.0 Å². The van der Waals surface area contributed by atoms with Crippen molar-refractivity contribution in [3.8, 4) is 0 Å². The van der Waals surface area contributed by atoms with Crippen molar-refractivity contribution in [3.63, 3.8) is 0 Å². The number of imidazole rings is 1. The molecule has 3 aromatic rings. The Balaban J connectivity index is 0.00000225. The number of benzene rings is 1. The third-order valence-electron chi connectivity index (χ3n) is 3.78. The second-order valence-corrected chi connectivity index (χ2v) is 5.55. The highest BCUT2D eigenvalue weighted by molar-refractivity contribution is 14.0. The minimum absolute atomic E-state index is 0.